The van der Waals surface area contributed by atoms with E-state index in [0.29, 0.717) is 0 Å². The summed E-state index contributed by atoms with van der Waals surface area (Å²) in [5.74, 6) is -1.29. The van der Waals surface area contributed by atoms with Gasteiger partial charge in [-0.1, -0.05) is 54.1 Å². The first-order chi connectivity index (χ1) is 11.1. The highest BCUT2D eigenvalue weighted by Gasteiger charge is 2.06. The molecule has 120 valence electrons. The van der Waals surface area contributed by atoms with Gasteiger partial charge in [-0.15, -0.1) is 0 Å². The average Bonchev–Trinajstić information content (AvgIpc) is 2.54. The molecule has 2 aromatic rings. The van der Waals surface area contributed by atoms with E-state index in [-0.39, 0.29) is 23.7 Å². The molecule has 2 N–H and O–H groups in total. The van der Waals surface area contributed by atoms with Crippen LogP contribution in [-0.2, 0) is 11.3 Å². The minimum atomic E-state index is -0.799. The highest BCUT2D eigenvalue weighted by atomic mass is 35.5. The van der Waals surface area contributed by atoms with Gasteiger partial charge in [0, 0.05) is 17.1 Å². The number of benzene rings is 2. The summed E-state index contributed by atoms with van der Waals surface area (Å²) >= 11 is 5.71. The number of alkyl carbamates (subject to hydrolysis) is 1. The van der Waals surface area contributed by atoms with Gasteiger partial charge < -0.3 is 15.2 Å². The second kappa shape index (κ2) is 8.19. The van der Waals surface area contributed by atoms with Crippen LogP contribution in [0.5, 0.6) is 5.75 Å². The maximum absolute atomic E-state index is 13.3. The van der Waals surface area contributed by atoms with E-state index >= 15 is 0 Å². The van der Waals surface area contributed by atoms with Crippen LogP contribution < -0.4 is 5.32 Å². The van der Waals surface area contributed by atoms with Gasteiger partial charge in [0.25, 0.3) is 0 Å². The first-order valence-electron chi connectivity index (χ1n) is 6.85. The zero-order valence-electron chi connectivity index (χ0n) is 12.1. The number of phenols is 1. The third-order valence-electron chi connectivity index (χ3n) is 2.93. The number of halogens is 2. The summed E-state index contributed by atoms with van der Waals surface area (Å²) in [6.45, 7) is 0.345. The van der Waals surface area contributed by atoms with E-state index in [4.69, 9.17) is 16.3 Å². The zero-order chi connectivity index (χ0) is 16.7. The molecule has 0 saturated carbocycles. The van der Waals surface area contributed by atoms with Crippen molar-refractivity contribution in [3.8, 4) is 5.75 Å². The van der Waals surface area contributed by atoms with E-state index in [9.17, 15) is 14.3 Å². The Hall–Kier alpha value is -2.53. The van der Waals surface area contributed by atoms with Crippen LogP contribution in [0.3, 0.4) is 0 Å². The van der Waals surface area contributed by atoms with Gasteiger partial charge in [-0.05, 0) is 17.7 Å². The van der Waals surface area contributed by atoms with Gasteiger partial charge in [0.1, 0.15) is 6.61 Å². The highest BCUT2D eigenvalue weighted by molar-refractivity contribution is 6.30. The molecule has 2 aromatic carbocycles. The summed E-state index contributed by atoms with van der Waals surface area (Å²) < 4.78 is 18.3. The highest BCUT2D eigenvalue weighted by Crippen LogP contribution is 2.26. The molecular formula is C17H15ClFNO3. The third kappa shape index (κ3) is 5.30. The quantitative estimate of drug-likeness (QED) is 0.864. The number of hydrogen-bond donors (Lipinski definition) is 2. The topological polar surface area (TPSA) is 58.6 Å². The Bertz CT molecular complexity index is 704. The van der Waals surface area contributed by atoms with E-state index in [2.05, 4.69) is 5.32 Å². The second-order valence-electron chi connectivity index (χ2n) is 4.67. The minimum absolute atomic E-state index is 0.168. The molecule has 0 radical (unpaired) electrons. The number of carbonyl (C=O) groups is 1. The van der Waals surface area contributed by atoms with Crippen LogP contribution in [0.4, 0.5) is 9.18 Å². The van der Waals surface area contributed by atoms with Gasteiger partial charge >= 0.3 is 6.09 Å². The lowest BCUT2D eigenvalue weighted by atomic mass is 10.2. The van der Waals surface area contributed by atoms with Crippen molar-refractivity contribution < 1.29 is 19.0 Å². The van der Waals surface area contributed by atoms with Crippen LogP contribution in [0.15, 0.2) is 48.5 Å². The molecular weight excluding hydrogens is 321 g/mol. The molecule has 0 unspecified atom stereocenters. The number of ether oxygens (including phenoxy) is 1. The molecule has 0 aliphatic heterocycles. The molecule has 0 bridgehead atoms. The maximum Gasteiger partial charge on any atom is 0.407 e. The van der Waals surface area contributed by atoms with Crippen LogP contribution in [-0.4, -0.2) is 17.7 Å². The Kier molecular flexibility index (Phi) is 6.00. The van der Waals surface area contributed by atoms with Crippen molar-refractivity contribution in [2.45, 2.75) is 6.61 Å². The maximum atomic E-state index is 13.3. The van der Waals surface area contributed by atoms with Crippen molar-refractivity contribution in [2.75, 3.05) is 6.54 Å². The molecule has 0 heterocycles. The Balaban J connectivity index is 1.79. The van der Waals surface area contributed by atoms with Gasteiger partial charge in [0.2, 0.25) is 0 Å². The fourth-order valence-electron chi connectivity index (χ4n) is 1.82. The third-order valence-corrected chi connectivity index (χ3v) is 3.15. The fraction of sp³-hybridized carbons (Fsp3) is 0.118. The van der Waals surface area contributed by atoms with Crippen molar-refractivity contribution in [3.63, 3.8) is 0 Å². The SMILES string of the molecule is O=C(NCC=Cc1cc(Cl)cc(F)c1O)OCc1ccccc1. The summed E-state index contributed by atoms with van der Waals surface area (Å²) in [7, 11) is 0. The van der Waals surface area contributed by atoms with Crippen molar-refractivity contribution in [1.82, 2.24) is 5.32 Å². The zero-order valence-corrected chi connectivity index (χ0v) is 12.9. The Morgan fingerprint density at radius 1 is 1.30 bits per heavy atom. The number of hydrogen-bond acceptors (Lipinski definition) is 3. The number of carbonyl (C=O) groups excluding carboxylic acids is 1. The summed E-state index contributed by atoms with van der Waals surface area (Å²) in [5.41, 5.74) is 1.12. The van der Waals surface area contributed by atoms with E-state index in [1.807, 2.05) is 30.3 Å². The Labute approximate surface area is 138 Å². The molecule has 0 aromatic heterocycles. The molecule has 6 heteroatoms. The summed E-state index contributed by atoms with van der Waals surface area (Å²) in [4.78, 5) is 11.5. The predicted octanol–water partition coefficient (Wildman–Crippen LogP) is 4.12. The first-order valence-corrected chi connectivity index (χ1v) is 7.23. The lowest BCUT2D eigenvalue weighted by molar-refractivity contribution is 0.141. The predicted molar refractivity (Wildman–Crippen MR) is 86.7 cm³/mol. The number of aromatic hydroxyl groups is 1. The average molecular weight is 336 g/mol. The standard InChI is InChI=1S/C17H15ClFNO3/c18-14-9-13(16(21)15(19)10-14)7-4-8-20-17(22)23-11-12-5-2-1-3-6-12/h1-7,9-10,21H,8,11H2,(H,20,22). The fourth-order valence-corrected chi connectivity index (χ4v) is 2.03. The monoisotopic (exact) mass is 335 g/mol. The van der Waals surface area contributed by atoms with Crippen molar-refractivity contribution in [3.05, 3.63) is 70.5 Å². The molecule has 0 saturated heterocycles. The molecule has 1 amide bonds. The van der Waals surface area contributed by atoms with Crippen molar-refractivity contribution in [2.24, 2.45) is 0 Å². The molecule has 2 rings (SSSR count). The molecule has 0 spiro atoms. The summed E-state index contributed by atoms with van der Waals surface area (Å²) in [6.07, 6.45) is 2.44. The van der Waals surface area contributed by atoms with Crippen LogP contribution >= 0.6 is 11.6 Å². The molecule has 4 nitrogen and oxygen atoms in total. The second-order valence-corrected chi connectivity index (χ2v) is 5.11. The van der Waals surface area contributed by atoms with Crippen molar-refractivity contribution >= 4 is 23.8 Å². The van der Waals surface area contributed by atoms with Crippen LogP contribution in [0.2, 0.25) is 5.02 Å². The smallest absolute Gasteiger partial charge is 0.407 e. The van der Waals surface area contributed by atoms with E-state index in [1.165, 1.54) is 12.1 Å². The lowest BCUT2D eigenvalue weighted by Gasteiger charge is -2.05. The van der Waals surface area contributed by atoms with Crippen LogP contribution in [0.25, 0.3) is 6.08 Å². The lowest BCUT2D eigenvalue weighted by Crippen LogP contribution is -2.24. The Morgan fingerprint density at radius 2 is 2.04 bits per heavy atom. The van der Waals surface area contributed by atoms with Crippen LogP contribution in [0, 0.1) is 5.82 Å². The van der Waals surface area contributed by atoms with E-state index in [1.54, 1.807) is 6.08 Å². The number of nitrogens with one attached hydrogen (secondary N) is 1. The molecule has 0 aliphatic carbocycles. The summed E-state index contributed by atoms with van der Waals surface area (Å²) in [5, 5.41) is 12.2. The molecule has 0 fully saturated rings. The van der Waals surface area contributed by atoms with Crippen molar-refractivity contribution in [1.29, 1.82) is 0 Å². The van der Waals surface area contributed by atoms with E-state index in [0.717, 1.165) is 11.6 Å². The normalized spacial score (nSPS) is 10.7. The van der Waals surface area contributed by atoms with Crippen LogP contribution in [0.1, 0.15) is 11.1 Å². The molecule has 0 atom stereocenters. The van der Waals surface area contributed by atoms with E-state index < -0.39 is 17.7 Å². The van der Waals surface area contributed by atoms with Gasteiger partial charge in [-0.2, -0.15) is 0 Å². The van der Waals surface area contributed by atoms with Gasteiger partial charge in [0.15, 0.2) is 11.6 Å². The van der Waals surface area contributed by atoms with Gasteiger partial charge in [-0.3, -0.25) is 0 Å². The molecule has 23 heavy (non-hydrogen) atoms. The Morgan fingerprint density at radius 3 is 2.78 bits per heavy atom. The van der Waals surface area contributed by atoms with Gasteiger partial charge in [-0.25, -0.2) is 9.18 Å². The largest absolute Gasteiger partial charge is 0.504 e. The molecule has 0 aliphatic rings. The number of amides is 1. The van der Waals surface area contributed by atoms with Gasteiger partial charge in [0.05, 0.1) is 0 Å². The summed E-state index contributed by atoms with van der Waals surface area (Å²) in [6, 6.07) is 11.7. The first kappa shape index (κ1) is 16.8. The number of phenolic OH excluding ortho intramolecular Hbond substituents is 1. The number of rotatable bonds is 5. The minimum Gasteiger partial charge on any atom is -0.504 e.